The molecule has 64 heavy (non-hydrogen) atoms. The molecule has 0 radical (unpaired) electrons. The zero-order chi connectivity index (χ0) is 46.3. The van der Waals surface area contributed by atoms with Gasteiger partial charge in [0, 0.05) is 19.4 Å². The normalized spacial score (nSPS) is 13.1. The highest BCUT2D eigenvalue weighted by Crippen LogP contribution is 2.14. The van der Waals surface area contributed by atoms with Crippen LogP contribution in [0.1, 0.15) is 226 Å². The summed E-state index contributed by atoms with van der Waals surface area (Å²) in [6.07, 6.45) is 73.8. The van der Waals surface area contributed by atoms with E-state index in [9.17, 15) is 9.59 Å². The minimum atomic E-state index is -0.564. The molecule has 0 aliphatic heterocycles. The van der Waals surface area contributed by atoms with Gasteiger partial charge in [0.2, 0.25) is 0 Å². The lowest BCUT2D eigenvalue weighted by atomic mass is 10.1. The Bertz CT molecular complexity index is 1280. The Morgan fingerprint density at radius 2 is 0.703 bits per heavy atom. The maximum atomic E-state index is 12.8. The number of carbonyl (C=O) groups is 2. The molecule has 364 valence electrons. The number of hydrogen-bond acceptors (Lipinski definition) is 5. The summed E-state index contributed by atoms with van der Waals surface area (Å²) < 4.78 is 17.4. The van der Waals surface area contributed by atoms with Gasteiger partial charge >= 0.3 is 11.9 Å². The predicted octanol–water partition coefficient (Wildman–Crippen LogP) is 18.0. The van der Waals surface area contributed by atoms with E-state index in [1.165, 1.54) is 77.0 Å². The van der Waals surface area contributed by atoms with Crippen molar-refractivity contribution in [3.8, 4) is 0 Å². The molecule has 5 heteroatoms. The van der Waals surface area contributed by atoms with Gasteiger partial charge in [0.1, 0.15) is 6.61 Å². The summed E-state index contributed by atoms with van der Waals surface area (Å²) in [5.74, 6) is -0.449. The Labute approximate surface area is 395 Å². The molecule has 0 rings (SSSR count). The van der Waals surface area contributed by atoms with E-state index in [0.29, 0.717) is 19.4 Å². The summed E-state index contributed by atoms with van der Waals surface area (Å²) in [6.45, 7) is 7.52. The lowest BCUT2D eigenvalue weighted by molar-refractivity contribution is -0.163. The molecule has 0 aromatic rings. The van der Waals surface area contributed by atoms with Crippen molar-refractivity contribution >= 4 is 11.9 Å². The van der Waals surface area contributed by atoms with Gasteiger partial charge in [-0.25, -0.2) is 0 Å². The monoisotopic (exact) mass is 887 g/mol. The van der Waals surface area contributed by atoms with Gasteiger partial charge in [-0.05, 0) is 103 Å². The quantitative estimate of drug-likeness (QED) is 0.0346. The van der Waals surface area contributed by atoms with E-state index < -0.39 is 6.10 Å². The maximum Gasteiger partial charge on any atom is 0.306 e. The van der Waals surface area contributed by atoms with E-state index in [0.717, 1.165) is 116 Å². The average Bonchev–Trinajstić information content (AvgIpc) is 3.30. The molecule has 0 aromatic heterocycles. The molecule has 0 spiro atoms. The Morgan fingerprint density at radius 1 is 0.359 bits per heavy atom. The van der Waals surface area contributed by atoms with E-state index in [2.05, 4.69) is 130 Å². The van der Waals surface area contributed by atoms with Crippen LogP contribution >= 0.6 is 0 Å². The lowest BCUT2D eigenvalue weighted by Crippen LogP contribution is -2.30. The third-order valence-electron chi connectivity index (χ3n) is 10.8. The third-order valence-corrected chi connectivity index (χ3v) is 10.8. The van der Waals surface area contributed by atoms with E-state index >= 15 is 0 Å². The van der Waals surface area contributed by atoms with Crippen LogP contribution in [-0.4, -0.2) is 37.9 Å². The number of rotatable bonds is 47. The molecular weight excluding hydrogens is 789 g/mol. The first-order valence-corrected chi connectivity index (χ1v) is 26.4. The topological polar surface area (TPSA) is 61.8 Å². The Balaban J connectivity index is 4.35. The molecule has 0 aliphatic carbocycles. The molecule has 0 N–H and O–H groups in total. The van der Waals surface area contributed by atoms with Crippen molar-refractivity contribution in [1.82, 2.24) is 0 Å². The van der Waals surface area contributed by atoms with Gasteiger partial charge in [-0.15, -0.1) is 0 Å². The second-order valence-corrected chi connectivity index (χ2v) is 17.0. The summed E-state index contributed by atoms with van der Waals surface area (Å²) in [5.41, 5.74) is 0. The summed E-state index contributed by atoms with van der Waals surface area (Å²) >= 11 is 0. The molecule has 0 bridgehead atoms. The summed E-state index contributed by atoms with van der Waals surface area (Å²) in [6, 6.07) is 0. The molecule has 0 amide bonds. The molecule has 1 unspecified atom stereocenters. The van der Waals surface area contributed by atoms with Crippen LogP contribution in [0.15, 0.2) is 109 Å². The van der Waals surface area contributed by atoms with Crippen LogP contribution in [0.4, 0.5) is 0 Å². The van der Waals surface area contributed by atoms with Gasteiger partial charge < -0.3 is 14.2 Å². The molecule has 1 atom stereocenters. The highest BCUT2D eigenvalue weighted by Gasteiger charge is 2.17. The van der Waals surface area contributed by atoms with Gasteiger partial charge in [0.25, 0.3) is 0 Å². The second kappa shape index (κ2) is 53.9. The van der Waals surface area contributed by atoms with Gasteiger partial charge in [-0.2, -0.15) is 0 Å². The first-order valence-electron chi connectivity index (χ1n) is 26.4. The van der Waals surface area contributed by atoms with Crippen molar-refractivity contribution in [3.63, 3.8) is 0 Å². The van der Waals surface area contributed by atoms with E-state index in [1.54, 1.807) is 0 Å². The molecule has 0 saturated heterocycles. The number of esters is 2. The van der Waals surface area contributed by atoms with Crippen molar-refractivity contribution < 1.29 is 23.8 Å². The SMILES string of the molecule is CC/C=C\C/C=C\C/C=C\C/C=C\C/C=C\CCCCCC(=O)OCC(COCCCCCCC/C=C\C/C=C\C/C=C\C/C=C\CC)OC(=O)CCCCCCCCCCCCC. The Morgan fingerprint density at radius 3 is 1.14 bits per heavy atom. The lowest BCUT2D eigenvalue weighted by Gasteiger charge is -2.18. The first-order chi connectivity index (χ1) is 31.6. The van der Waals surface area contributed by atoms with E-state index in [1.807, 2.05) is 0 Å². The molecule has 0 saturated carbocycles. The summed E-state index contributed by atoms with van der Waals surface area (Å²) in [5, 5.41) is 0. The van der Waals surface area contributed by atoms with Crippen molar-refractivity contribution in [2.75, 3.05) is 19.8 Å². The van der Waals surface area contributed by atoms with Crippen molar-refractivity contribution in [2.45, 2.75) is 232 Å². The highest BCUT2D eigenvalue weighted by atomic mass is 16.6. The summed E-state index contributed by atoms with van der Waals surface area (Å²) in [7, 11) is 0. The Kier molecular flexibility index (Phi) is 51.0. The fourth-order valence-electron chi connectivity index (χ4n) is 6.94. The van der Waals surface area contributed by atoms with Crippen molar-refractivity contribution in [1.29, 1.82) is 0 Å². The van der Waals surface area contributed by atoms with Crippen LogP contribution in [0.2, 0.25) is 0 Å². The van der Waals surface area contributed by atoms with E-state index in [-0.39, 0.29) is 25.2 Å². The minimum absolute atomic E-state index is 0.0557. The molecule has 5 nitrogen and oxygen atoms in total. The molecule has 0 aromatic carbocycles. The third kappa shape index (κ3) is 51.2. The molecule has 0 heterocycles. The Hall–Kier alpha value is -3.44. The molecular formula is C59H98O5. The van der Waals surface area contributed by atoms with Crippen molar-refractivity contribution in [3.05, 3.63) is 109 Å². The molecule has 0 aliphatic rings. The second-order valence-electron chi connectivity index (χ2n) is 17.0. The number of hydrogen-bond donors (Lipinski definition) is 0. The number of allylic oxidation sites excluding steroid dienone is 18. The van der Waals surface area contributed by atoms with Gasteiger partial charge in [0.15, 0.2) is 6.10 Å². The minimum Gasteiger partial charge on any atom is -0.462 e. The van der Waals surface area contributed by atoms with Crippen LogP contribution in [-0.2, 0) is 23.8 Å². The number of ether oxygens (including phenoxy) is 3. The first kappa shape index (κ1) is 60.6. The highest BCUT2D eigenvalue weighted by molar-refractivity contribution is 5.70. The maximum absolute atomic E-state index is 12.8. The standard InChI is InChI=1S/C59H98O5/c1-4-7-10-13-16-19-22-24-26-28-30-31-33-35-38-40-43-46-49-52-58(60)63-56-57(64-59(61)53-50-47-44-41-37-21-18-15-12-9-6-3)55-62-54-51-48-45-42-39-36-34-32-29-27-25-23-20-17-14-11-8-5-2/h7-8,10-11,16-17,19-20,24-27,30-32,34-35,38,57H,4-6,9,12-15,18,21-23,28-29,33,36-37,39-56H2,1-3H3/b10-7-,11-8-,19-16-,20-17-,26-24-,27-25-,31-30-,34-32-,38-35-. The fraction of sp³-hybridized carbons (Fsp3) is 0.661. The van der Waals surface area contributed by atoms with Gasteiger partial charge in [0.05, 0.1) is 6.61 Å². The smallest absolute Gasteiger partial charge is 0.306 e. The van der Waals surface area contributed by atoms with Crippen LogP contribution in [0, 0.1) is 0 Å². The zero-order valence-corrected chi connectivity index (χ0v) is 41.8. The number of carbonyl (C=O) groups excluding carboxylic acids is 2. The molecule has 0 fully saturated rings. The van der Waals surface area contributed by atoms with Gasteiger partial charge in [-0.3, -0.25) is 9.59 Å². The summed E-state index contributed by atoms with van der Waals surface area (Å²) in [4.78, 5) is 25.4. The zero-order valence-electron chi connectivity index (χ0n) is 41.8. The van der Waals surface area contributed by atoms with Crippen molar-refractivity contribution in [2.24, 2.45) is 0 Å². The van der Waals surface area contributed by atoms with Crippen LogP contribution in [0.25, 0.3) is 0 Å². The van der Waals surface area contributed by atoms with Gasteiger partial charge in [-0.1, -0.05) is 220 Å². The van der Waals surface area contributed by atoms with Crippen LogP contribution < -0.4 is 0 Å². The average molecular weight is 887 g/mol. The fourth-order valence-corrected chi connectivity index (χ4v) is 6.94. The largest absolute Gasteiger partial charge is 0.462 e. The van der Waals surface area contributed by atoms with Crippen LogP contribution in [0.3, 0.4) is 0 Å². The number of unbranched alkanes of at least 4 members (excludes halogenated alkanes) is 18. The predicted molar refractivity (Wildman–Crippen MR) is 279 cm³/mol. The van der Waals surface area contributed by atoms with E-state index in [4.69, 9.17) is 14.2 Å². The van der Waals surface area contributed by atoms with Crippen LogP contribution in [0.5, 0.6) is 0 Å².